The molecule has 2 rings (SSSR count). The summed E-state index contributed by atoms with van der Waals surface area (Å²) in [6.07, 6.45) is -7.90. The van der Waals surface area contributed by atoms with Crippen LogP contribution in [0.25, 0.3) is 0 Å². The molecule has 180 valence electrons. The summed E-state index contributed by atoms with van der Waals surface area (Å²) in [4.78, 5) is 23.3. The van der Waals surface area contributed by atoms with E-state index in [1.165, 1.54) is 24.3 Å². The largest absolute Gasteiger partial charge is 0.481 e. The molecule has 32 heavy (non-hydrogen) atoms. The maximum Gasteiger partial charge on any atom is 0.339 e. The van der Waals surface area contributed by atoms with E-state index in [1.54, 1.807) is 13.8 Å². The van der Waals surface area contributed by atoms with Crippen LogP contribution in [0.4, 0.5) is 0 Å². The third kappa shape index (κ3) is 6.61. The lowest BCUT2D eigenvalue weighted by molar-refractivity contribution is -0.277. The lowest BCUT2D eigenvalue weighted by Gasteiger charge is -2.39. The van der Waals surface area contributed by atoms with Gasteiger partial charge in [-0.1, -0.05) is 26.0 Å². The van der Waals surface area contributed by atoms with Gasteiger partial charge in [0, 0.05) is 0 Å². The molecule has 0 amide bonds. The third-order valence-electron chi connectivity index (χ3n) is 4.96. The summed E-state index contributed by atoms with van der Waals surface area (Å²) in [6.45, 7) is 2.68. The smallest absolute Gasteiger partial charge is 0.339 e. The van der Waals surface area contributed by atoms with Gasteiger partial charge in [0.25, 0.3) is 0 Å². The third-order valence-corrected chi connectivity index (χ3v) is 4.96. The van der Waals surface area contributed by atoms with Crippen LogP contribution >= 0.6 is 0 Å². The zero-order valence-corrected chi connectivity index (χ0v) is 17.8. The van der Waals surface area contributed by atoms with E-state index in [1.807, 2.05) is 0 Å². The number of carboxylic acids is 1. The predicted molar refractivity (Wildman–Crippen MR) is 107 cm³/mol. The van der Waals surface area contributed by atoms with Gasteiger partial charge < -0.3 is 44.8 Å². The number of hydrogen-bond acceptors (Lipinski definition) is 10. The molecule has 1 aromatic rings. The molecule has 6 N–H and O–H groups in total. The molecular formula is C21H30O11. The minimum Gasteiger partial charge on any atom is -0.481 e. The number of carbonyl (C=O) groups is 2. The van der Waals surface area contributed by atoms with Crippen molar-refractivity contribution in [3.8, 4) is 5.75 Å². The summed E-state index contributed by atoms with van der Waals surface area (Å²) < 4.78 is 15.9. The molecule has 11 heteroatoms. The van der Waals surface area contributed by atoms with Crippen molar-refractivity contribution >= 4 is 11.9 Å². The van der Waals surface area contributed by atoms with Crippen LogP contribution in [0, 0.1) is 5.92 Å². The number of aliphatic hydroxyl groups excluding tert-OH is 4. The van der Waals surface area contributed by atoms with E-state index in [9.17, 15) is 35.1 Å². The Bertz CT molecular complexity index is 764. The topological polar surface area (TPSA) is 183 Å². The Balaban J connectivity index is 1.97. The molecular weight excluding hydrogens is 428 g/mol. The van der Waals surface area contributed by atoms with Crippen LogP contribution in [0.15, 0.2) is 24.3 Å². The van der Waals surface area contributed by atoms with E-state index in [2.05, 4.69) is 0 Å². The van der Waals surface area contributed by atoms with Crippen LogP contribution in [0.2, 0.25) is 0 Å². The quantitative estimate of drug-likeness (QED) is 0.240. The summed E-state index contributed by atoms with van der Waals surface area (Å²) in [5.41, 5.74) is -1.62. The number of benzene rings is 1. The highest BCUT2D eigenvalue weighted by molar-refractivity contribution is 5.85. The van der Waals surface area contributed by atoms with Crippen LogP contribution in [0.5, 0.6) is 5.75 Å². The number of aliphatic carboxylic acids is 1. The number of ether oxygens (including phenoxy) is 3. The van der Waals surface area contributed by atoms with Gasteiger partial charge in [-0.25, -0.2) is 4.79 Å². The molecule has 1 aromatic carbocycles. The number of carbonyl (C=O) groups excluding carboxylic acids is 1. The molecule has 6 atom stereocenters. The van der Waals surface area contributed by atoms with Crippen molar-refractivity contribution in [2.45, 2.75) is 69.6 Å². The fourth-order valence-corrected chi connectivity index (χ4v) is 3.40. The van der Waals surface area contributed by atoms with Crippen LogP contribution in [-0.4, -0.2) is 85.5 Å². The van der Waals surface area contributed by atoms with Gasteiger partial charge in [-0.3, -0.25) is 4.79 Å². The molecule has 1 aliphatic rings. The van der Waals surface area contributed by atoms with E-state index < -0.39 is 61.3 Å². The molecule has 0 radical (unpaired) electrons. The lowest BCUT2D eigenvalue weighted by atomic mass is 9.89. The molecule has 0 bridgehead atoms. The number of hydrogen-bond donors (Lipinski definition) is 6. The fraction of sp³-hybridized carbons (Fsp3) is 0.619. The maximum absolute atomic E-state index is 12.3. The van der Waals surface area contributed by atoms with Gasteiger partial charge in [0.15, 0.2) is 5.60 Å². The second-order valence-electron chi connectivity index (χ2n) is 8.24. The Hall–Kier alpha value is -2.28. The summed E-state index contributed by atoms with van der Waals surface area (Å²) in [7, 11) is 0. The second kappa shape index (κ2) is 11.0. The number of carboxylic acid groups (broad SMARTS) is 1. The van der Waals surface area contributed by atoms with Crippen molar-refractivity contribution in [3.05, 3.63) is 29.8 Å². The van der Waals surface area contributed by atoms with Gasteiger partial charge in [-0.05, 0) is 30.0 Å². The lowest BCUT2D eigenvalue weighted by Crippen LogP contribution is -2.60. The summed E-state index contributed by atoms with van der Waals surface area (Å²) in [6, 6.07) is 6.01. The first-order chi connectivity index (χ1) is 15.0. The Morgan fingerprint density at radius 1 is 1.09 bits per heavy atom. The van der Waals surface area contributed by atoms with Crippen LogP contribution in [-0.2, 0) is 25.7 Å². The number of aliphatic hydroxyl groups is 5. The summed E-state index contributed by atoms with van der Waals surface area (Å²) in [5.74, 6) is -2.26. The molecule has 0 aliphatic carbocycles. The Kier molecular flexibility index (Phi) is 8.96. The molecule has 1 aliphatic heterocycles. The van der Waals surface area contributed by atoms with E-state index >= 15 is 0 Å². The average Bonchev–Trinajstić information content (AvgIpc) is 2.72. The zero-order valence-electron chi connectivity index (χ0n) is 17.8. The SMILES string of the molecule is CC(C)CC(O)(CC(=O)O)C(=O)OCc1ccc(O[C@@H]2O[C@H](CO)[C@@H](O)[C@H](O)[C@H]2O)cc1. The average molecular weight is 458 g/mol. The van der Waals surface area contributed by atoms with Gasteiger partial charge in [0.1, 0.15) is 36.8 Å². The van der Waals surface area contributed by atoms with Crippen molar-refractivity contribution in [1.29, 1.82) is 0 Å². The standard InChI is InChI=1S/C21H30O11/c1-11(2)7-21(29,8-15(23)24)20(28)30-10-12-3-5-13(6-4-12)31-19-18(27)17(26)16(25)14(9-22)32-19/h3-6,11,14,16-19,22,25-27,29H,7-10H2,1-2H3,(H,23,24)/t14-,16-,17+,18-,19-,21?/m1/s1. The molecule has 1 unspecified atom stereocenters. The highest BCUT2D eigenvalue weighted by Crippen LogP contribution is 2.26. The first-order valence-corrected chi connectivity index (χ1v) is 10.1. The Morgan fingerprint density at radius 3 is 2.25 bits per heavy atom. The fourth-order valence-electron chi connectivity index (χ4n) is 3.40. The Labute approximate surface area is 184 Å². The van der Waals surface area contributed by atoms with Crippen molar-refractivity contribution < 1.29 is 54.4 Å². The van der Waals surface area contributed by atoms with Gasteiger partial charge in [0.05, 0.1) is 13.0 Å². The van der Waals surface area contributed by atoms with Crippen molar-refractivity contribution in [2.24, 2.45) is 5.92 Å². The van der Waals surface area contributed by atoms with Gasteiger partial charge in [0.2, 0.25) is 6.29 Å². The molecule has 1 fully saturated rings. The number of rotatable bonds is 10. The van der Waals surface area contributed by atoms with Crippen LogP contribution in [0.1, 0.15) is 32.3 Å². The normalized spacial score (nSPS) is 27.6. The molecule has 11 nitrogen and oxygen atoms in total. The highest BCUT2D eigenvalue weighted by Gasteiger charge is 2.44. The summed E-state index contributed by atoms with van der Waals surface area (Å²) in [5, 5.41) is 58.3. The molecule has 1 saturated heterocycles. The van der Waals surface area contributed by atoms with Gasteiger partial charge in [-0.2, -0.15) is 0 Å². The molecule has 0 spiro atoms. The van der Waals surface area contributed by atoms with Crippen molar-refractivity contribution in [2.75, 3.05) is 6.61 Å². The van der Waals surface area contributed by atoms with Crippen LogP contribution in [0.3, 0.4) is 0 Å². The Morgan fingerprint density at radius 2 is 1.72 bits per heavy atom. The molecule has 0 aromatic heterocycles. The molecule has 0 saturated carbocycles. The van der Waals surface area contributed by atoms with Crippen molar-refractivity contribution in [3.63, 3.8) is 0 Å². The maximum atomic E-state index is 12.3. The first-order valence-electron chi connectivity index (χ1n) is 10.1. The number of esters is 1. The monoisotopic (exact) mass is 458 g/mol. The predicted octanol–water partition coefficient (Wildman–Crippen LogP) is -0.840. The minimum absolute atomic E-state index is 0.0655. The van der Waals surface area contributed by atoms with E-state index in [0.29, 0.717) is 5.56 Å². The minimum atomic E-state index is -2.13. The molecule has 1 heterocycles. The highest BCUT2D eigenvalue weighted by atomic mass is 16.7. The second-order valence-corrected chi connectivity index (χ2v) is 8.24. The van der Waals surface area contributed by atoms with E-state index in [0.717, 1.165) is 0 Å². The van der Waals surface area contributed by atoms with Gasteiger partial charge in [-0.15, -0.1) is 0 Å². The van der Waals surface area contributed by atoms with Crippen molar-refractivity contribution in [1.82, 2.24) is 0 Å². The first kappa shape index (κ1) is 26.0. The van der Waals surface area contributed by atoms with E-state index in [-0.39, 0.29) is 24.7 Å². The zero-order chi connectivity index (χ0) is 24.1. The van der Waals surface area contributed by atoms with Gasteiger partial charge >= 0.3 is 11.9 Å². The van der Waals surface area contributed by atoms with E-state index in [4.69, 9.17) is 19.3 Å². The van der Waals surface area contributed by atoms with Crippen LogP contribution < -0.4 is 4.74 Å². The summed E-state index contributed by atoms with van der Waals surface area (Å²) >= 11 is 0.